The molecule has 0 spiro atoms. The summed E-state index contributed by atoms with van der Waals surface area (Å²) in [6.45, 7) is 7.80. The van der Waals surface area contributed by atoms with E-state index >= 15 is 0 Å². The maximum absolute atomic E-state index is 10.8. The van der Waals surface area contributed by atoms with Gasteiger partial charge in [-0.2, -0.15) is 15.0 Å². The average Bonchev–Trinajstić information content (AvgIpc) is 3.34. The van der Waals surface area contributed by atoms with Gasteiger partial charge in [0.25, 0.3) is 0 Å². The fourth-order valence-corrected chi connectivity index (χ4v) is 8.54. The molecular weight excluding hydrogens is 394 g/mol. The summed E-state index contributed by atoms with van der Waals surface area (Å²) in [7, 11) is 0. The van der Waals surface area contributed by atoms with Crippen LogP contribution in [0.3, 0.4) is 0 Å². The molecular formula is C25H34ClN3O. The summed E-state index contributed by atoms with van der Waals surface area (Å²) in [4.78, 5) is 1.78. The van der Waals surface area contributed by atoms with Gasteiger partial charge in [-0.1, -0.05) is 25.0 Å². The Hall–Kier alpha value is -1.31. The second-order valence-electron chi connectivity index (χ2n) is 10.8. The maximum Gasteiger partial charge on any atom is 0.127 e. The Bertz CT molecular complexity index is 857. The summed E-state index contributed by atoms with van der Waals surface area (Å²) in [6.07, 6.45) is 14.0. The van der Waals surface area contributed by atoms with Gasteiger partial charge in [0.2, 0.25) is 0 Å². The van der Waals surface area contributed by atoms with Crippen molar-refractivity contribution in [1.29, 1.82) is 0 Å². The molecule has 5 heteroatoms. The molecule has 1 heterocycles. The topological polar surface area (TPSA) is 50.9 Å². The lowest BCUT2D eigenvalue weighted by Crippen LogP contribution is -2.50. The monoisotopic (exact) mass is 427 g/mol. The highest BCUT2D eigenvalue weighted by Gasteiger charge is 2.58. The van der Waals surface area contributed by atoms with E-state index < -0.39 is 5.60 Å². The van der Waals surface area contributed by atoms with E-state index in [1.165, 1.54) is 44.1 Å². The maximum atomic E-state index is 10.8. The summed E-state index contributed by atoms with van der Waals surface area (Å²) in [5.41, 5.74) is 0.832. The van der Waals surface area contributed by atoms with Gasteiger partial charge in [0.05, 0.1) is 18.9 Å². The predicted molar refractivity (Wildman–Crippen MR) is 118 cm³/mol. The smallest absolute Gasteiger partial charge is 0.127 e. The summed E-state index contributed by atoms with van der Waals surface area (Å²) in [5.74, 6) is 7.35. The highest BCUT2D eigenvalue weighted by atomic mass is 35.5. The van der Waals surface area contributed by atoms with Crippen molar-refractivity contribution in [2.45, 2.75) is 76.9 Å². The van der Waals surface area contributed by atoms with Crippen molar-refractivity contribution in [1.82, 2.24) is 15.0 Å². The zero-order chi connectivity index (χ0) is 20.9. The first-order chi connectivity index (χ1) is 14.4. The van der Waals surface area contributed by atoms with E-state index in [0.717, 1.165) is 49.5 Å². The first-order valence-corrected chi connectivity index (χ1v) is 12.2. The lowest BCUT2D eigenvalue weighted by Gasteiger charge is -2.57. The lowest BCUT2D eigenvalue weighted by molar-refractivity contribution is -0.0874. The van der Waals surface area contributed by atoms with Gasteiger partial charge in [-0.3, -0.25) is 0 Å². The largest absolute Gasteiger partial charge is 0.378 e. The Kier molecular flexibility index (Phi) is 5.27. The Morgan fingerprint density at radius 2 is 1.87 bits per heavy atom. The molecule has 0 amide bonds. The number of allylic oxidation sites excluding steroid dienone is 1. The Labute approximate surface area is 185 Å². The SMILES string of the molecule is C=C(Cn1nccn1)[C@H]1CC[C@H]2[C@@H]3CC[C@@H]4C[C@](O)(C#CCl)CC[C@@H]4[C@H]3CC[C@]12C. The van der Waals surface area contributed by atoms with Crippen LogP contribution in [0.15, 0.2) is 24.5 Å². The molecule has 8 atom stereocenters. The number of hydrogen-bond acceptors (Lipinski definition) is 3. The van der Waals surface area contributed by atoms with Crippen LogP contribution in [0.4, 0.5) is 0 Å². The van der Waals surface area contributed by atoms with Crippen molar-refractivity contribution in [2.24, 2.45) is 40.9 Å². The first kappa shape index (κ1) is 20.6. The van der Waals surface area contributed by atoms with E-state index in [1.54, 1.807) is 17.2 Å². The van der Waals surface area contributed by atoms with Crippen molar-refractivity contribution in [3.05, 3.63) is 24.5 Å². The molecule has 1 N–H and O–H groups in total. The molecule has 4 nitrogen and oxygen atoms in total. The van der Waals surface area contributed by atoms with Crippen LogP contribution in [0, 0.1) is 52.2 Å². The normalized spacial score (nSPS) is 44.9. The van der Waals surface area contributed by atoms with E-state index in [-0.39, 0.29) is 0 Å². The van der Waals surface area contributed by atoms with Crippen molar-refractivity contribution >= 4 is 11.6 Å². The Balaban J connectivity index is 1.31. The average molecular weight is 428 g/mol. The standard InChI is InChI=1S/C25H34ClN3O/c1-17(16-29-27-13-14-28-29)22-5-6-23-21-4-3-18-15-25(30,11-12-26)10-8-19(18)20(21)7-9-24(22,23)2/h13-14,18-23,30H,1,3-10,15-16H2,2H3/t18-,19+,20-,21-,22-,23+,24-,25-/m1/s1. The van der Waals surface area contributed by atoms with Gasteiger partial charge in [0.15, 0.2) is 0 Å². The van der Waals surface area contributed by atoms with E-state index in [0.29, 0.717) is 17.3 Å². The molecule has 0 radical (unpaired) electrons. The van der Waals surface area contributed by atoms with Crippen LogP contribution in [0.2, 0.25) is 0 Å². The zero-order valence-corrected chi connectivity index (χ0v) is 18.8. The molecule has 5 rings (SSSR count). The number of aromatic nitrogens is 3. The van der Waals surface area contributed by atoms with Crippen molar-refractivity contribution in [2.75, 3.05) is 0 Å². The number of nitrogens with zero attached hydrogens (tertiary/aromatic N) is 3. The summed E-state index contributed by atoms with van der Waals surface area (Å²) in [6, 6.07) is 0. The zero-order valence-electron chi connectivity index (χ0n) is 18.1. The van der Waals surface area contributed by atoms with E-state index in [4.69, 9.17) is 11.6 Å². The van der Waals surface area contributed by atoms with Crippen molar-refractivity contribution < 1.29 is 5.11 Å². The van der Waals surface area contributed by atoms with Gasteiger partial charge in [-0.25, -0.2) is 0 Å². The molecule has 4 saturated carbocycles. The van der Waals surface area contributed by atoms with Crippen LogP contribution in [-0.2, 0) is 6.54 Å². The van der Waals surface area contributed by atoms with Crippen molar-refractivity contribution in [3.8, 4) is 11.3 Å². The van der Waals surface area contributed by atoms with Gasteiger partial charge in [-0.05, 0) is 110 Å². The minimum Gasteiger partial charge on any atom is -0.378 e. The molecule has 1 aromatic heterocycles. The quantitative estimate of drug-likeness (QED) is 0.543. The molecule has 30 heavy (non-hydrogen) atoms. The molecule has 0 saturated heterocycles. The number of halogens is 1. The van der Waals surface area contributed by atoms with E-state index in [1.807, 2.05) is 0 Å². The van der Waals surface area contributed by atoms with Gasteiger partial charge in [-0.15, -0.1) is 0 Å². The Morgan fingerprint density at radius 1 is 1.10 bits per heavy atom. The van der Waals surface area contributed by atoms with Gasteiger partial charge >= 0.3 is 0 Å². The van der Waals surface area contributed by atoms with Crippen LogP contribution >= 0.6 is 11.6 Å². The second kappa shape index (κ2) is 7.68. The number of fused-ring (bicyclic) bond motifs is 5. The summed E-state index contributed by atoms with van der Waals surface area (Å²) in [5, 5.41) is 21.9. The highest BCUT2D eigenvalue weighted by molar-refractivity contribution is 6.30. The summed E-state index contributed by atoms with van der Waals surface area (Å²) >= 11 is 5.63. The van der Waals surface area contributed by atoms with Crippen LogP contribution in [0.25, 0.3) is 0 Å². The molecule has 0 aliphatic heterocycles. The minimum absolute atomic E-state index is 0.373. The lowest BCUT2D eigenvalue weighted by atomic mass is 9.48. The predicted octanol–water partition coefficient (Wildman–Crippen LogP) is 5.03. The van der Waals surface area contributed by atoms with E-state index in [2.05, 4.69) is 35.0 Å². The van der Waals surface area contributed by atoms with Gasteiger partial charge in [0.1, 0.15) is 5.60 Å². The van der Waals surface area contributed by atoms with Gasteiger partial charge in [0, 0.05) is 5.38 Å². The Morgan fingerprint density at radius 3 is 2.63 bits per heavy atom. The number of rotatable bonds is 3. The van der Waals surface area contributed by atoms with E-state index in [9.17, 15) is 5.11 Å². The van der Waals surface area contributed by atoms with Crippen molar-refractivity contribution in [3.63, 3.8) is 0 Å². The highest BCUT2D eigenvalue weighted by Crippen LogP contribution is 2.65. The molecule has 1 aromatic rings. The van der Waals surface area contributed by atoms with Crippen LogP contribution < -0.4 is 0 Å². The van der Waals surface area contributed by atoms with Gasteiger partial charge < -0.3 is 5.11 Å². The van der Waals surface area contributed by atoms with Crippen LogP contribution in [0.1, 0.15) is 64.7 Å². The molecule has 4 aliphatic rings. The molecule has 162 valence electrons. The third kappa shape index (κ3) is 3.33. The first-order valence-electron chi connectivity index (χ1n) is 11.8. The molecule has 4 fully saturated rings. The van der Waals surface area contributed by atoms with Crippen LogP contribution in [-0.4, -0.2) is 25.7 Å². The second-order valence-corrected chi connectivity index (χ2v) is 11.0. The van der Waals surface area contributed by atoms with Crippen LogP contribution in [0.5, 0.6) is 0 Å². The molecule has 4 aliphatic carbocycles. The molecule has 0 unspecified atom stereocenters. The third-order valence-corrected chi connectivity index (χ3v) is 9.69. The molecule has 0 bridgehead atoms. The summed E-state index contributed by atoms with van der Waals surface area (Å²) < 4.78 is 0. The fraction of sp³-hybridized carbons (Fsp3) is 0.760. The number of hydrogen-bond donors (Lipinski definition) is 1. The molecule has 0 aromatic carbocycles. The number of aliphatic hydroxyl groups is 1. The fourth-order valence-electron chi connectivity index (χ4n) is 8.37. The third-order valence-electron chi connectivity index (χ3n) is 9.59. The minimum atomic E-state index is -0.852.